The number of rotatable bonds is 6. The number of nitro groups is 1. The zero-order valence-electron chi connectivity index (χ0n) is 19.1. The number of hydrogen-bond donors (Lipinski definition) is 0. The predicted molar refractivity (Wildman–Crippen MR) is 124 cm³/mol. The third-order valence-corrected chi connectivity index (χ3v) is 8.67. The minimum absolute atomic E-state index is 0.0441. The average molecular weight is 481 g/mol. The van der Waals surface area contributed by atoms with Crippen LogP contribution in [-0.4, -0.2) is 117 Å². The molecule has 1 amide bonds. The highest BCUT2D eigenvalue weighted by Crippen LogP contribution is 2.32. The van der Waals surface area contributed by atoms with E-state index in [4.69, 9.17) is 0 Å². The molecule has 0 saturated carbocycles. The summed E-state index contributed by atoms with van der Waals surface area (Å²) in [5, 5.41) is 11.8. The lowest BCUT2D eigenvalue weighted by Gasteiger charge is -2.36. The summed E-state index contributed by atoms with van der Waals surface area (Å²) in [5.41, 5.74) is 0.217. The van der Waals surface area contributed by atoms with Gasteiger partial charge in [-0.15, -0.1) is 0 Å². The molecule has 0 N–H and O–H groups in total. The molecule has 3 saturated heterocycles. The van der Waals surface area contributed by atoms with Crippen molar-refractivity contribution in [3.63, 3.8) is 0 Å². The minimum Gasteiger partial charge on any atom is -0.363 e. The Morgan fingerprint density at radius 3 is 2.21 bits per heavy atom. The minimum atomic E-state index is -3.79. The van der Waals surface area contributed by atoms with Gasteiger partial charge in [-0.2, -0.15) is 4.31 Å². The van der Waals surface area contributed by atoms with Crippen molar-refractivity contribution in [2.24, 2.45) is 0 Å². The summed E-state index contributed by atoms with van der Waals surface area (Å²) in [6.45, 7) is 6.35. The summed E-state index contributed by atoms with van der Waals surface area (Å²) >= 11 is 0. The van der Waals surface area contributed by atoms with Crippen LogP contribution in [0.15, 0.2) is 23.1 Å². The monoisotopic (exact) mass is 480 g/mol. The van der Waals surface area contributed by atoms with Crippen LogP contribution in [0.1, 0.15) is 12.8 Å². The van der Waals surface area contributed by atoms with Crippen molar-refractivity contribution in [3.8, 4) is 0 Å². The Morgan fingerprint density at radius 1 is 0.970 bits per heavy atom. The summed E-state index contributed by atoms with van der Waals surface area (Å²) < 4.78 is 27.5. The van der Waals surface area contributed by atoms with Gasteiger partial charge in [-0.3, -0.25) is 19.8 Å². The van der Waals surface area contributed by atoms with Crippen molar-refractivity contribution in [3.05, 3.63) is 28.3 Å². The van der Waals surface area contributed by atoms with Gasteiger partial charge in [0.2, 0.25) is 15.9 Å². The number of anilines is 1. The molecule has 0 aromatic heterocycles. The van der Waals surface area contributed by atoms with Gasteiger partial charge in [-0.25, -0.2) is 8.42 Å². The first kappa shape index (κ1) is 23.9. The fourth-order valence-corrected chi connectivity index (χ4v) is 6.10. The van der Waals surface area contributed by atoms with Crippen molar-refractivity contribution < 1.29 is 18.1 Å². The number of nitrogens with zero attached hydrogens (tertiary/aromatic N) is 6. The third-order valence-electron chi connectivity index (χ3n) is 6.77. The normalized spacial score (nSPS) is 21.5. The van der Waals surface area contributed by atoms with Gasteiger partial charge in [0.25, 0.3) is 5.69 Å². The Hall–Kier alpha value is -2.28. The first-order valence-corrected chi connectivity index (χ1v) is 12.9. The summed E-state index contributed by atoms with van der Waals surface area (Å²) in [6.07, 6.45) is 2.12. The van der Waals surface area contributed by atoms with E-state index in [-0.39, 0.29) is 16.5 Å². The molecule has 0 atom stereocenters. The molecule has 0 aliphatic carbocycles. The molecule has 0 unspecified atom stereocenters. The van der Waals surface area contributed by atoms with Gasteiger partial charge >= 0.3 is 0 Å². The molecule has 0 radical (unpaired) electrons. The van der Waals surface area contributed by atoms with E-state index in [0.717, 1.165) is 25.9 Å². The van der Waals surface area contributed by atoms with Crippen LogP contribution in [0.25, 0.3) is 0 Å². The molecule has 11 nitrogen and oxygen atoms in total. The van der Waals surface area contributed by atoms with Gasteiger partial charge in [0.05, 0.1) is 16.4 Å². The summed E-state index contributed by atoms with van der Waals surface area (Å²) in [4.78, 5) is 31.6. The molecule has 3 aliphatic heterocycles. The Kier molecular flexibility index (Phi) is 7.17. The Balaban J connectivity index is 1.44. The van der Waals surface area contributed by atoms with Crippen molar-refractivity contribution in [1.29, 1.82) is 0 Å². The maximum atomic E-state index is 13.0. The van der Waals surface area contributed by atoms with E-state index in [1.807, 2.05) is 16.8 Å². The van der Waals surface area contributed by atoms with E-state index >= 15 is 0 Å². The number of hydrogen-bond acceptors (Lipinski definition) is 8. The highest BCUT2D eigenvalue weighted by atomic mass is 32.2. The van der Waals surface area contributed by atoms with Crippen molar-refractivity contribution in [2.75, 3.05) is 83.9 Å². The van der Waals surface area contributed by atoms with Crippen molar-refractivity contribution >= 4 is 27.3 Å². The number of sulfonamides is 1. The molecule has 33 heavy (non-hydrogen) atoms. The van der Waals surface area contributed by atoms with Crippen LogP contribution < -0.4 is 4.90 Å². The SMILES string of the molecule is CN1CCN(S(=O)(=O)c2ccc(N3CCN(CC(=O)N4CCCC4)CC3)c([N+](=O)[O-])c2)CC1. The molecular formula is C21H32N6O5S. The van der Waals surface area contributed by atoms with E-state index in [1.54, 1.807) is 6.07 Å². The maximum Gasteiger partial charge on any atom is 0.293 e. The molecule has 182 valence electrons. The molecular weight excluding hydrogens is 448 g/mol. The summed E-state index contributed by atoms with van der Waals surface area (Å²) in [6, 6.07) is 4.21. The molecule has 1 aromatic rings. The van der Waals surface area contributed by atoms with Gasteiger partial charge in [0, 0.05) is 71.5 Å². The van der Waals surface area contributed by atoms with Crippen LogP contribution in [0.3, 0.4) is 0 Å². The van der Waals surface area contributed by atoms with E-state index in [2.05, 4.69) is 9.80 Å². The smallest absolute Gasteiger partial charge is 0.293 e. The van der Waals surface area contributed by atoms with Crippen LogP contribution in [0, 0.1) is 10.1 Å². The molecule has 0 bridgehead atoms. The van der Waals surface area contributed by atoms with Crippen LogP contribution >= 0.6 is 0 Å². The fraction of sp³-hybridized carbons (Fsp3) is 0.667. The van der Waals surface area contributed by atoms with Crippen LogP contribution in [0.4, 0.5) is 11.4 Å². The van der Waals surface area contributed by atoms with Crippen LogP contribution in [0.5, 0.6) is 0 Å². The van der Waals surface area contributed by atoms with Crippen molar-refractivity contribution in [1.82, 2.24) is 19.0 Å². The summed E-state index contributed by atoms with van der Waals surface area (Å²) in [5.74, 6) is 0.144. The first-order chi connectivity index (χ1) is 15.8. The van der Waals surface area contributed by atoms with E-state index in [9.17, 15) is 23.3 Å². The number of carbonyl (C=O) groups excluding carboxylic acids is 1. The Labute approximate surface area is 194 Å². The van der Waals surface area contributed by atoms with E-state index in [1.165, 1.54) is 16.4 Å². The second kappa shape index (κ2) is 9.92. The van der Waals surface area contributed by atoms with Crippen LogP contribution in [-0.2, 0) is 14.8 Å². The lowest BCUT2D eigenvalue weighted by molar-refractivity contribution is -0.384. The molecule has 0 spiro atoms. The quantitative estimate of drug-likeness (QED) is 0.422. The molecule has 3 heterocycles. The zero-order valence-corrected chi connectivity index (χ0v) is 19.9. The standard InChI is InChI=1S/C21H32N6O5S/c1-22-8-14-26(15-9-22)33(31,32)18-4-5-19(20(16-18)27(29)30)24-12-10-23(11-13-24)17-21(28)25-6-2-3-7-25/h4-5,16H,2-3,6-15,17H2,1H3. The second-order valence-corrected chi connectivity index (χ2v) is 10.9. The number of nitro benzene ring substituents is 1. The van der Waals surface area contributed by atoms with Gasteiger partial charge < -0.3 is 14.7 Å². The van der Waals surface area contributed by atoms with E-state index in [0.29, 0.717) is 64.6 Å². The fourth-order valence-electron chi connectivity index (χ4n) is 4.66. The number of benzene rings is 1. The lowest BCUT2D eigenvalue weighted by atomic mass is 10.2. The Bertz CT molecular complexity index is 981. The molecule has 3 aliphatic rings. The molecule has 4 rings (SSSR count). The highest BCUT2D eigenvalue weighted by molar-refractivity contribution is 7.89. The van der Waals surface area contributed by atoms with Crippen LogP contribution in [0.2, 0.25) is 0 Å². The Morgan fingerprint density at radius 2 is 1.61 bits per heavy atom. The summed E-state index contributed by atoms with van der Waals surface area (Å²) in [7, 11) is -1.85. The number of carbonyl (C=O) groups is 1. The van der Waals surface area contributed by atoms with Gasteiger partial charge in [-0.05, 0) is 32.0 Å². The van der Waals surface area contributed by atoms with E-state index < -0.39 is 14.9 Å². The maximum absolute atomic E-state index is 13.0. The highest BCUT2D eigenvalue weighted by Gasteiger charge is 2.31. The van der Waals surface area contributed by atoms with Crippen molar-refractivity contribution in [2.45, 2.75) is 17.7 Å². The molecule has 1 aromatic carbocycles. The number of piperazine rings is 2. The second-order valence-electron chi connectivity index (χ2n) is 8.97. The van der Waals surface area contributed by atoms with Gasteiger partial charge in [-0.1, -0.05) is 0 Å². The largest absolute Gasteiger partial charge is 0.363 e. The average Bonchev–Trinajstić information content (AvgIpc) is 3.35. The lowest BCUT2D eigenvalue weighted by Crippen LogP contribution is -2.50. The first-order valence-electron chi connectivity index (χ1n) is 11.5. The number of likely N-dealkylation sites (tertiary alicyclic amines) is 1. The number of amides is 1. The predicted octanol–water partition coefficient (Wildman–Crippen LogP) is 0.275. The van der Waals surface area contributed by atoms with Gasteiger partial charge in [0.1, 0.15) is 5.69 Å². The molecule has 3 fully saturated rings. The molecule has 12 heteroatoms. The van der Waals surface area contributed by atoms with Gasteiger partial charge in [0.15, 0.2) is 0 Å². The topological polar surface area (TPSA) is 111 Å². The zero-order chi connectivity index (χ0) is 23.6. The third kappa shape index (κ3) is 5.29. The number of likely N-dealkylation sites (N-methyl/N-ethyl adjacent to an activating group) is 1.